The van der Waals surface area contributed by atoms with E-state index in [1.165, 1.54) is 17.4 Å². The van der Waals surface area contributed by atoms with E-state index in [2.05, 4.69) is 10.3 Å². The van der Waals surface area contributed by atoms with Crippen molar-refractivity contribution in [3.63, 3.8) is 0 Å². The molecule has 154 valence electrons. The number of benzene rings is 3. The van der Waals surface area contributed by atoms with Crippen LogP contribution in [0.15, 0.2) is 66.7 Å². The summed E-state index contributed by atoms with van der Waals surface area (Å²) in [5.74, 6) is -2.49. The fourth-order valence-electron chi connectivity index (χ4n) is 3.64. The van der Waals surface area contributed by atoms with Gasteiger partial charge in [-0.2, -0.15) is 0 Å². The Morgan fingerprint density at radius 1 is 1.00 bits per heavy atom. The van der Waals surface area contributed by atoms with Crippen molar-refractivity contribution in [3.05, 3.63) is 78.1 Å². The van der Waals surface area contributed by atoms with Gasteiger partial charge in [0.1, 0.15) is 5.82 Å². The Labute approximate surface area is 181 Å². The number of hydrogen-bond acceptors (Lipinski definition) is 5. The van der Waals surface area contributed by atoms with Gasteiger partial charge in [0.15, 0.2) is 10.9 Å². The van der Waals surface area contributed by atoms with Crippen LogP contribution in [0.3, 0.4) is 0 Å². The lowest BCUT2D eigenvalue weighted by Gasteiger charge is -2.08. The highest BCUT2D eigenvalue weighted by Crippen LogP contribution is 2.41. The average molecular weight is 432 g/mol. The number of aromatic nitrogens is 1. The number of hydrogen-bond donors (Lipinski definition) is 2. The molecule has 2 atom stereocenters. The summed E-state index contributed by atoms with van der Waals surface area (Å²) >= 11 is 1.46. The minimum atomic E-state index is -0.926. The van der Waals surface area contributed by atoms with E-state index in [-0.39, 0.29) is 5.78 Å². The van der Waals surface area contributed by atoms with Crippen LogP contribution in [0.4, 0.5) is 15.2 Å². The quantitative estimate of drug-likeness (QED) is 0.379. The van der Waals surface area contributed by atoms with Crippen molar-refractivity contribution in [3.8, 4) is 11.1 Å². The lowest BCUT2D eigenvalue weighted by Crippen LogP contribution is -2.08. The summed E-state index contributed by atoms with van der Waals surface area (Å²) in [6.07, 6.45) is 0.393. The van der Waals surface area contributed by atoms with Crippen LogP contribution in [0.2, 0.25) is 0 Å². The molecule has 0 aliphatic heterocycles. The van der Waals surface area contributed by atoms with Gasteiger partial charge in [-0.15, -0.1) is 0 Å². The number of carbonyl (C=O) groups is 2. The fraction of sp³-hybridized carbons (Fsp3) is 0.125. The van der Waals surface area contributed by atoms with Gasteiger partial charge in [-0.3, -0.25) is 9.59 Å². The minimum absolute atomic E-state index is 0.152. The number of aliphatic carboxylic acids is 1. The Morgan fingerprint density at radius 2 is 1.74 bits per heavy atom. The molecule has 2 unspecified atom stereocenters. The maximum atomic E-state index is 14.7. The van der Waals surface area contributed by atoms with Crippen molar-refractivity contribution in [1.82, 2.24) is 4.98 Å². The first-order chi connectivity index (χ1) is 15.0. The Hall–Kier alpha value is -3.58. The van der Waals surface area contributed by atoms with Crippen molar-refractivity contribution >= 4 is 44.1 Å². The number of anilines is 2. The lowest BCUT2D eigenvalue weighted by molar-refractivity contribution is -0.138. The van der Waals surface area contributed by atoms with Crippen LogP contribution in [0.1, 0.15) is 16.8 Å². The van der Waals surface area contributed by atoms with Crippen molar-refractivity contribution in [1.29, 1.82) is 0 Å². The zero-order chi connectivity index (χ0) is 21.5. The summed E-state index contributed by atoms with van der Waals surface area (Å²) in [6, 6.07) is 19.5. The number of nitrogens with one attached hydrogen (secondary N) is 1. The highest BCUT2D eigenvalue weighted by atomic mass is 32.1. The summed E-state index contributed by atoms with van der Waals surface area (Å²) in [7, 11) is 0. The second-order valence-electron chi connectivity index (χ2n) is 7.53. The molecule has 1 heterocycles. The predicted octanol–water partition coefficient (Wildman–Crippen LogP) is 5.75. The number of thiazole rings is 1. The summed E-state index contributed by atoms with van der Waals surface area (Å²) in [5.41, 5.74) is 3.13. The number of Topliss-reactive ketones (excluding diaryl/α,β-unsaturated/α-hetero) is 1. The standard InChI is InChI=1S/C24H17FN2O3S/c25-18-11-15(9-10-19(18)26-24-27-20-3-1-2-4-21(20)31-24)13-5-7-14(8-6-13)22(28)16-12-17(16)23(29)30/h1-11,16-17H,12H2,(H,26,27)(H,29,30). The number of rotatable bonds is 6. The molecule has 0 spiro atoms. The molecule has 4 aromatic rings. The molecule has 3 aromatic carbocycles. The molecule has 1 aliphatic rings. The third kappa shape index (κ3) is 3.80. The molecule has 1 saturated carbocycles. The Kier molecular flexibility index (Phi) is 4.75. The second-order valence-corrected chi connectivity index (χ2v) is 8.57. The molecule has 7 heteroatoms. The first-order valence-corrected chi connectivity index (χ1v) is 10.6. The van der Waals surface area contributed by atoms with E-state index in [9.17, 15) is 14.0 Å². The molecule has 0 bridgehead atoms. The molecule has 2 N–H and O–H groups in total. The Bertz CT molecular complexity index is 1280. The van der Waals surface area contributed by atoms with E-state index in [4.69, 9.17) is 5.11 Å². The van der Waals surface area contributed by atoms with Gasteiger partial charge >= 0.3 is 5.97 Å². The zero-order valence-electron chi connectivity index (χ0n) is 16.2. The van der Waals surface area contributed by atoms with Crippen LogP contribution in [-0.2, 0) is 4.79 Å². The molecule has 5 rings (SSSR count). The van der Waals surface area contributed by atoms with Crippen LogP contribution >= 0.6 is 11.3 Å². The van der Waals surface area contributed by atoms with Crippen LogP contribution in [0.5, 0.6) is 0 Å². The third-order valence-corrected chi connectivity index (χ3v) is 6.40. The Balaban J connectivity index is 1.32. The average Bonchev–Trinajstić information content (AvgIpc) is 3.48. The van der Waals surface area contributed by atoms with E-state index in [1.54, 1.807) is 36.4 Å². The van der Waals surface area contributed by atoms with E-state index in [0.29, 0.717) is 28.4 Å². The number of para-hydroxylation sites is 1. The first-order valence-electron chi connectivity index (χ1n) is 9.79. The smallest absolute Gasteiger partial charge is 0.307 e. The molecule has 0 saturated heterocycles. The predicted molar refractivity (Wildman–Crippen MR) is 118 cm³/mol. The molecule has 0 radical (unpaired) electrons. The van der Waals surface area contributed by atoms with E-state index < -0.39 is 23.6 Å². The number of carboxylic acids is 1. The molecule has 1 aliphatic carbocycles. The number of halogens is 1. The number of ketones is 1. The number of carbonyl (C=O) groups excluding carboxylic acids is 1. The normalized spacial score (nSPS) is 17.5. The summed E-state index contributed by atoms with van der Waals surface area (Å²) in [6.45, 7) is 0. The van der Waals surface area contributed by atoms with Crippen LogP contribution in [0.25, 0.3) is 21.3 Å². The maximum Gasteiger partial charge on any atom is 0.307 e. The van der Waals surface area contributed by atoms with E-state index in [0.717, 1.165) is 15.8 Å². The third-order valence-electron chi connectivity index (χ3n) is 5.45. The molecule has 1 fully saturated rings. The van der Waals surface area contributed by atoms with Gasteiger partial charge in [-0.25, -0.2) is 9.37 Å². The van der Waals surface area contributed by atoms with Crippen LogP contribution in [0, 0.1) is 17.7 Å². The van der Waals surface area contributed by atoms with Crippen LogP contribution in [-0.4, -0.2) is 21.8 Å². The largest absolute Gasteiger partial charge is 0.481 e. The van der Waals surface area contributed by atoms with Gasteiger partial charge in [0.05, 0.1) is 21.8 Å². The van der Waals surface area contributed by atoms with Crippen molar-refractivity contribution < 1.29 is 19.1 Å². The SMILES string of the molecule is O=C(O)C1CC1C(=O)c1ccc(-c2ccc(Nc3nc4ccccc4s3)c(F)c2)cc1. The zero-order valence-corrected chi connectivity index (χ0v) is 17.0. The molecule has 5 nitrogen and oxygen atoms in total. The lowest BCUT2D eigenvalue weighted by atomic mass is 10.00. The van der Waals surface area contributed by atoms with Crippen molar-refractivity contribution in [2.75, 3.05) is 5.32 Å². The van der Waals surface area contributed by atoms with Gasteiger partial charge in [0, 0.05) is 11.5 Å². The molecule has 1 aromatic heterocycles. The highest BCUT2D eigenvalue weighted by molar-refractivity contribution is 7.22. The monoisotopic (exact) mass is 432 g/mol. The van der Waals surface area contributed by atoms with Gasteiger partial charge in [-0.1, -0.05) is 53.8 Å². The number of nitrogens with zero attached hydrogens (tertiary/aromatic N) is 1. The second kappa shape index (κ2) is 7.59. The first kappa shape index (κ1) is 19.4. The highest BCUT2D eigenvalue weighted by Gasteiger charge is 2.48. The summed E-state index contributed by atoms with van der Waals surface area (Å²) in [5, 5.41) is 12.7. The van der Waals surface area contributed by atoms with Gasteiger partial charge in [0.2, 0.25) is 0 Å². The molecular formula is C24H17FN2O3S. The Morgan fingerprint density at radius 3 is 2.42 bits per heavy atom. The molecular weight excluding hydrogens is 415 g/mol. The molecule has 31 heavy (non-hydrogen) atoms. The molecule has 0 amide bonds. The summed E-state index contributed by atoms with van der Waals surface area (Å²) < 4.78 is 15.7. The van der Waals surface area contributed by atoms with Crippen LogP contribution < -0.4 is 5.32 Å². The van der Waals surface area contributed by atoms with E-state index >= 15 is 0 Å². The van der Waals surface area contributed by atoms with Crippen molar-refractivity contribution in [2.24, 2.45) is 11.8 Å². The number of carboxylic acid groups (broad SMARTS) is 1. The van der Waals surface area contributed by atoms with Gasteiger partial charge in [0.25, 0.3) is 0 Å². The minimum Gasteiger partial charge on any atom is -0.481 e. The topological polar surface area (TPSA) is 79.3 Å². The maximum absolute atomic E-state index is 14.7. The van der Waals surface area contributed by atoms with Crippen molar-refractivity contribution in [2.45, 2.75) is 6.42 Å². The van der Waals surface area contributed by atoms with Gasteiger partial charge in [-0.05, 0) is 41.8 Å². The fourth-order valence-corrected chi connectivity index (χ4v) is 4.51. The van der Waals surface area contributed by atoms with E-state index in [1.807, 2.05) is 24.3 Å². The van der Waals surface area contributed by atoms with Gasteiger partial charge < -0.3 is 10.4 Å². The summed E-state index contributed by atoms with van der Waals surface area (Å²) in [4.78, 5) is 27.8. The number of fused-ring (bicyclic) bond motifs is 1.